The first-order chi connectivity index (χ1) is 18.6. The van der Waals surface area contributed by atoms with Gasteiger partial charge in [-0.05, 0) is 53.4 Å². The predicted molar refractivity (Wildman–Crippen MR) is 176 cm³/mol. The van der Waals surface area contributed by atoms with E-state index in [2.05, 4.69) is 75.0 Å². The van der Waals surface area contributed by atoms with Gasteiger partial charge in [-0.1, -0.05) is 53.4 Å². The molecule has 4 atom stereocenters. The molecule has 0 bridgehead atoms. The van der Waals surface area contributed by atoms with E-state index < -0.39 is 0 Å². The highest BCUT2D eigenvalue weighted by Crippen LogP contribution is 2.17. The lowest BCUT2D eigenvalue weighted by Gasteiger charge is -2.41. The fourth-order valence-electron chi connectivity index (χ4n) is 6.86. The highest BCUT2D eigenvalue weighted by atomic mass is 15.3. The first kappa shape index (κ1) is 37.7. The second-order valence-electron chi connectivity index (χ2n) is 14.7. The van der Waals surface area contributed by atoms with Crippen LogP contribution in [0.5, 0.6) is 0 Å². The minimum Gasteiger partial charge on any atom is -0.324 e. The summed E-state index contributed by atoms with van der Waals surface area (Å²) in [6, 6.07) is 0. The summed E-state index contributed by atoms with van der Waals surface area (Å²) in [7, 11) is 0. The molecular formula is C32H72N8. The Morgan fingerprint density at radius 2 is 0.525 bits per heavy atom. The molecule has 1 aliphatic heterocycles. The Bertz CT molecular complexity index is 535. The van der Waals surface area contributed by atoms with Gasteiger partial charge in [0.25, 0.3) is 0 Å². The summed E-state index contributed by atoms with van der Waals surface area (Å²) >= 11 is 0. The third kappa shape index (κ3) is 16.4. The molecule has 0 spiro atoms. The fraction of sp³-hybridized carbons (Fsp3) is 1.00. The fourth-order valence-corrected chi connectivity index (χ4v) is 6.86. The van der Waals surface area contributed by atoms with E-state index in [-0.39, 0.29) is 22.2 Å². The van der Waals surface area contributed by atoms with Crippen molar-refractivity contribution in [2.75, 3.05) is 78.5 Å². The molecule has 0 aliphatic carbocycles. The van der Waals surface area contributed by atoms with Crippen LogP contribution in [0.1, 0.15) is 107 Å². The average Bonchev–Trinajstić information content (AvgIpc) is 2.80. The van der Waals surface area contributed by atoms with Crippen molar-refractivity contribution in [3.05, 3.63) is 0 Å². The summed E-state index contributed by atoms with van der Waals surface area (Å²) in [6.07, 6.45) is 8.59. The topological polar surface area (TPSA) is 117 Å². The van der Waals surface area contributed by atoms with Crippen molar-refractivity contribution in [3.63, 3.8) is 0 Å². The normalized spacial score (nSPS) is 24.3. The largest absolute Gasteiger partial charge is 0.324 e. The van der Waals surface area contributed by atoms with Crippen LogP contribution in [-0.2, 0) is 0 Å². The van der Waals surface area contributed by atoms with Gasteiger partial charge >= 0.3 is 0 Å². The molecule has 0 radical (unpaired) electrons. The van der Waals surface area contributed by atoms with Crippen molar-refractivity contribution in [1.29, 1.82) is 0 Å². The molecule has 0 aromatic carbocycles. The molecule has 0 saturated carbocycles. The van der Waals surface area contributed by atoms with Crippen molar-refractivity contribution in [3.8, 4) is 0 Å². The second-order valence-corrected chi connectivity index (χ2v) is 14.7. The molecule has 1 fully saturated rings. The molecule has 8 heteroatoms. The molecule has 40 heavy (non-hydrogen) atoms. The number of hydrogen-bond acceptors (Lipinski definition) is 8. The van der Waals surface area contributed by atoms with E-state index in [1.165, 1.54) is 0 Å². The summed E-state index contributed by atoms with van der Waals surface area (Å²) < 4.78 is 0. The zero-order chi connectivity index (χ0) is 30.5. The SMILES string of the molecule is CCC[C@](C)(N)CN1CCN(C[C@@](C)(N)CCC)CCN(C[C@@](C)(N)CCC)CCN(C[C@@](C)(N)CCC)CC1. The van der Waals surface area contributed by atoms with Gasteiger partial charge in [0.2, 0.25) is 0 Å². The van der Waals surface area contributed by atoms with Gasteiger partial charge in [0, 0.05) is 101 Å². The van der Waals surface area contributed by atoms with E-state index in [9.17, 15) is 0 Å². The average molecular weight is 569 g/mol. The van der Waals surface area contributed by atoms with Crippen molar-refractivity contribution in [2.45, 2.75) is 129 Å². The third-order valence-electron chi connectivity index (χ3n) is 8.55. The Kier molecular flexibility index (Phi) is 16.7. The molecule has 0 aromatic heterocycles. The number of nitrogens with two attached hydrogens (primary N) is 4. The maximum absolute atomic E-state index is 6.80. The zero-order valence-electron chi connectivity index (χ0n) is 28.2. The molecule has 0 amide bonds. The van der Waals surface area contributed by atoms with Gasteiger partial charge in [-0.25, -0.2) is 0 Å². The molecule has 0 aromatic rings. The lowest BCUT2D eigenvalue weighted by Crippen LogP contribution is -2.57. The quantitative estimate of drug-likeness (QED) is 0.224. The van der Waals surface area contributed by atoms with Crippen LogP contribution >= 0.6 is 0 Å². The first-order valence-corrected chi connectivity index (χ1v) is 16.6. The van der Waals surface area contributed by atoms with Crippen molar-refractivity contribution in [2.24, 2.45) is 22.9 Å². The lowest BCUT2D eigenvalue weighted by atomic mass is 9.95. The van der Waals surface area contributed by atoms with Gasteiger partial charge in [-0.3, -0.25) is 19.6 Å². The van der Waals surface area contributed by atoms with Gasteiger partial charge in [-0.15, -0.1) is 0 Å². The maximum Gasteiger partial charge on any atom is 0.0254 e. The molecule has 1 saturated heterocycles. The Morgan fingerprint density at radius 1 is 0.375 bits per heavy atom. The Balaban J connectivity index is 3.23. The number of rotatable bonds is 16. The number of nitrogens with zero attached hydrogens (tertiary/aromatic N) is 4. The van der Waals surface area contributed by atoms with Crippen LogP contribution in [0.4, 0.5) is 0 Å². The molecule has 8 N–H and O–H groups in total. The maximum atomic E-state index is 6.80. The van der Waals surface area contributed by atoms with Crippen LogP contribution in [0.3, 0.4) is 0 Å². The van der Waals surface area contributed by atoms with Crippen LogP contribution < -0.4 is 22.9 Å². The molecule has 8 nitrogen and oxygen atoms in total. The summed E-state index contributed by atoms with van der Waals surface area (Å²) in [4.78, 5) is 10.4. The zero-order valence-corrected chi connectivity index (χ0v) is 28.2. The highest BCUT2D eigenvalue weighted by Gasteiger charge is 2.29. The van der Waals surface area contributed by atoms with Gasteiger partial charge in [0.1, 0.15) is 0 Å². The monoisotopic (exact) mass is 569 g/mol. The molecule has 1 aliphatic rings. The third-order valence-corrected chi connectivity index (χ3v) is 8.55. The smallest absolute Gasteiger partial charge is 0.0254 e. The van der Waals surface area contributed by atoms with E-state index in [0.717, 1.165) is 130 Å². The van der Waals surface area contributed by atoms with Crippen LogP contribution in [-0.4, -0.2) is 120 Å². The Labute approximate surface area is 249 Å². The molecule has 1 rings (SSSR count). The summed E-state index contributed by atoms with van der Waals surface area (Å²) in [5, 5.41) is 0. The van der Waals surface area contributed by atoms with Crippen LogP contribution in [0, 0.1) is 0 Å². The minimum atomic E-state index is -0.182. The van der Waals surface area contributed by atoms with E-state index in [1.807, 2.05) is 0 Å². The van der Waals surface area contributed by atoms with Crippen molar-refractivity contribution < 1.29 is 0 Å². The van der Waals surface area contributed by atoms with Crippen LogP contribution in [0.15, 0.2) is 0 Å². The van der Waals surface area contributed by atoms with Crippen molar-refractivity contribution >= 4 is 0 Å². The minimum absolute atomic E-state index is 0.182. The van der Waals surface area contributed by atoms with Gasteiger partial charge in [0.15, 0.2) is 0 Å². The van der Waals surface area contributed by atoms with E-state index in [4.69, 9.17) is 22.9 Å². The van der Waals surface area contributed by atoms with Gasteiger partial charge in [-0.2, -0.15) is 0 Å². The van der Waals surface area contributed by atoms with E-state index in [0.29, 0.717) is 0 Å². The van der Waals surface area contributed by atoms with E-state index >= 15 is 0 Å². The Hall–Kier alpha value is -0.320. The van der Waals surface area contributed by atoms with Gasteiger partial charge in [0.05, 0.1) is 0 Å². The predicted octanol–water partition coefficient (Wildman–Crippen LogP) is 3.28. The standard InChI is InChI=1S/C32H72N8/c1-9-13-29(5,33)25-37-17-19-38(26-30(6,34)14-10-2)21-23-40(28-32(8,36)16-12-4)24-22-39(20-18-37)27-31(7,35)15-11-3/h9-28,33-36H2,1-8H3/t29-,30-,31-,32-/m0/s1. The molecule has 1 heterocycles. The summed E-state index contributed by atoms with van der Waals surface area (Å²) in [6.45, 7) is 29.5. The van der Waals surface area contributed by atoms with Crippen LogP contribution in [0.25, 0.3) is 0 Å². The molecule has 0 unspecified atom stereocenters. The Morgan fingerprint density at radius 3 is 0.650 bits per heavy atom. The summed E-state index contributed by atoms with van der Waals surface area (Å²) in [5.74, 6) is 0. The number of hydrogen-bond donors (Lipinski definition) is 4. The van der Waals surface area contributed by atoms with Crippen molar-refractivity contribution in [1.82, 2.24) is 19.6 Å². The molecule has 240 valence electrons. The van der Waals surface area contributed by atoms with E-state index in [1.54, 1.807) is 0 Å². The summed E-state index contributed by atoms with van der Waals surface area (Å²) in [5.41, 5.74) is 26.5. The highest BCUT2D eigenvalue weighted by molar-refractivity contribution is 4.89. The molecular weight excluding hydrogens is 496 g/mol. The lowest BCUT2D eigenvalue weighted by molar-refractivity contribution is 0.0948. The first-order valence-electron chi connectivity index (χ1n) is 16.6. The second kappa shape index (κ2) is 17.7. The van der Waals surface area contributed by atoms with Crippen LogP contribution in [0.2, 0.25) is 0 Å². The van der Waals surface area contributed by atoms with Gasteiger partial charge < -0.3 is 22.9 Å².